The molecular weight excluding hydrogens is 418 g/mol. The normalized spacial score (nSPS) is 10.9. The first-order chi connectivity index (χ1) is 15.5. The number of likely N-dealkylation sites (N-methyl/N-ethyl adjacent to an activating group) is 1. The summed E-state index contributed by atoms with van der Waals surface area (Å²) in [4.78, 5) is 21.5. The fraction of sp³-hybridized carbons (Fsp3) is 0.481. The molecule has 0 N–H and O–H groups in total. The summed E-state index contributed by atoms with van der Waals surface area (Å²) in [5, 5.41) is 0. The van der Waals surface area contributed by atoms with Crippen LogP contribution in [0.4, 0.5) is 4.79 Å². The minimum atomic E-state index is -0.727. The molecule has 0 amide bonds. The number of quaternary nitrogens is 1. The van der Waals surface area contributed by atoms with Crippen molar-refractivity contribution in [2.75, 3.05) is 34.3 Å². The number of hydrogen-bond donors (Lipinski definition) is 0. The Labute approximate surface area is 199 Å². The highest BCUT2D eigenvalue weighted by molar-refractivity contribution is 5.63. The van der Waals surface area contributed by atoms with Crippen molar-refractivity contribution in [3.8, 4) is 5.75 Å². The smallest absolute Gasteiger partial charge is 0.463 e. The van der Waals surface area contributed by atoms with E-state index in [0.717, 1.165) is 11.5 Å². The average molecular weight is 459 g/mol. The van der Waals surface area contributed by atoms with Crippen molar-refractivity contribution in [2.24, 2.45) is 5.92 Å². The highest BCUT2D eigenvalue weighted by Gasteiger charge is 2.11. The molecule has 0 spiro atoms. The zero-order chi connectivity index (χ0) is 24.9. The standard InChI is InChI=1S/C14H20NO5.C13H20/c1-15(2,3)8-9-19-14(17)20-13-6-4-12(5-7-13)10-18-11-16;1-10(2)9-12-5-7-13(8-6-12)11(3)4/h4-7,11H,8-10H2,1-3H3;5-8,10-11H,9H2,1-4H3/q+1;. The van der Waals surface area contributed by atoms with Gasteiger partial charge in [0.05, 0.1) is 21.1 Å². The van der Waals surface area contributed by atoms with Gasteiger partial charge in [-0.3, -0.25) is 4.79 Å². The van der Waals surface area contributed by atoms with Gasteiger partial charge in [-0.2, -0.15) is 0 Å². The van der Waals surface area contributed by atoms with Gasteiger partial charge in [-0.05, 0) is 47.1 Å². The third-order valence-corrected chi connectivity index (χ3v) is 4.71. The molecule has 0 unspecified atom stereocenters. The van der Waals surface area contributed by atoms with E-state index in [1.807, 2.05) is 21.1 Å². The molecule has 2 rings (SSSR count). The molecular formula is C27H40NO5+. The van der Waals surface area contributed by atoms with Crippen molar-refractivity contribution >= 4 is 12.6 Å². The summed E-state index contributed by atoms with van der Waals surface area (Å²) in [7, 11) is 6.03. The van der Waals surface area contributed by atoms with Crippen molar-refractivity contribution < 1.29 is 28.3 Å². The molecule has 0 aliphatic heterocycles. The molecule has 0 aliphatic rings. The Morgan fingerprint density at radius 2 is 1.48 bits per heavy atom. The van der Waals surface area contributed by atoms with Crippen LogP contribution in [-0.2, 0) is 27.3 Å². The van der Waals surface area contributed by atoms with Crippen molar-refractivity contribution in [3.05, 3.63) is 65.2 Å². The van der Waals surface area contributed by atoms with Crippen molar-refractivity contribution in [3.63, 3.8) is 0 Å². The molecule has 0 saturated carbocycles. The fourth-order valence-corrected chi connectivity index (χ4v) is 2.82. The van der Waals surface area contributed by atoms with E-state index in [1.165, 1.54) is 17.5 Å². The Hall–Kier alpha value is -2.86. The molecule has 0 aromatic heterocycles. The third kappa shape index (κ3) is 13.3. The van der Waals surface area contributed by atoms with Gasteiger partial charge in [-0.1, -0.05) is 64.1 Å². The van der Waals surface area contributed by atoms with Crippen LogP contribution in [0.3, 0.4) is 0 Å². The number of carbonyl (C=O) groups is 2. The summed E-state index contributed by atoms with van der Waals surface area (Å²) in [6.07, 6.45) is 0.466. The highest BCUT2D eigenvalue weighted by atomic mass is 16.7. The summed E-state index contributed by atoms with van der Waals surface area (Å²) in [5.74, 6) is 1.79. The Kier molecular flexibility index (Phi) is 12.2. The molecule has 6 heteroatoms. The molecule has 2 aromatic carbocycles. The van der Waals surface area contributed by atoms with E-state index in [0.29, 0.717) is 35.8 Å². The van der Waals surface area contributed by atoms with Crippen LogP contribution in [0.1, 0.15) is 50.3 Å². The first kappa shape index (κ1) is 28.2. The predicted molar refractivity (Wildman–Crippen MR) is 131 cm³/mol. The second-order valence-corrected chi connectivity index (χ2v) is 9.76. The van der Waals surface area contributed by atoms with Gasteiger partial charge in [0, 0.05) is 0 Å². The highest BCUT2D eigenvalue weighted by Crippen LogP contribution is 2.16. The maximum absolute atomic E-state index is 11.4. The Bertz CT molecular complexity index is 821. The summed E-state index contributed by atoms with van der Waals surface area (Å²) in [6.45, 7) is 10.6. The third-order valence-electron chi connectivity index (χ3n) is 4.71. The zero-order valence-electron chi connectivity index (χ0n) is 21.2. The average Bonchev–Trinajstić information content (AvgIpc) is 2.73. The van der Waals surface area contributed by atoms with Crippen LogP contribution in [0.2, 0.25) is 0 Å². The van der Waals surface area contributed by atoms with Gasteiger partial charge in [0.25, 0.3) is 6.47 Å². The van der Waals surface area contributed by atoms with Crippen LogP contribution in [0.15, 0.2) is 48.5 Å². The molecule has 0 atom stereocenters. The Morgan fingerprint density at radius 3 is 1.97 bits per heavy atom. The van der Waals surface area contributed by atoms with Gasteiger partial charge < -0.3 is 18.7 Å². The van der Waals surface area contributed by atoms with Crippen molar-refractivity contribution in [1.29, 1.82) is 0 Å². The lowest BCUT2D eigenvalue weighted by atomic mass is 9.98. The van der Waals surface area contributed by atoms with Gasteiger partial charge in [0.2, 0.25) is 0 Å². The van der Waals surface area contributed by atoms with Gasteiger partial charge >= 0.3 is 6.16 Å². The van der Waals surface area contributed by atoms with Gasteiger partial charge in [0.15, 0.2) is 0 Å². The summed E-state index contributed by atoms with van der Waals surface area (Å²) < 4.78 is 15.3. The van der Waals surface area contributed by atoms with Gasteiger partial charge in [-0.25, -0.2) is 4.79 Å². The van der Waals surface area contributed by atoms with Crippen LogP contribution in [0, 0.1) is 5.92 Å². The number of benzene rings is 2. The van der Waals surface area contributed by atoms with Crippen LogP contribution in [0.25, 0.3) is 0 Å². The monoisotopic (exact) mass is 458 g/mol. The van der Waals surface area contributed by atoms with E-state index in [1.54, 1.807) is 24.3 Å². The van der Waals surface area contributed by atoms with E-state index in [2.05, 4.69) is 56.7 Å². The predicted octanol–water partition coefficient (Wildman–Crippen LogP) is 5.59. The van der Waals surface area contributed by atoms with E-state index < -0.39 is 6.16 Å². The molecule has 0 fully saturated rings. The minimum Gasteiger partial charge on any atom is -0.463 e. The van der Waals surface area contributed by atoms with Crippen LogP contribution in [-0.4, -0.2) is 51.4 Å². The lowest BCUT2D eigenvalue weighted by Gasteiger charge is -2.23. The van der Waals surface area contributed by atoms with E-state index >= 15 is 0 Å². The lowest BCUT2D eigenvalue weighted by molar-refractivity contribution is -0.870. The first-order valence-corrected chi connectivity index (χ1v) is 11.4. The molecule has 6 nitrogen and oxygen atoms in total. The summed E-state index contributed by atoms with van der Waals surface area (Å²) in [5.41, 5.74) is 3.70. The topological polar surface area (TPSA) is 61.8 Å². The molecule has 182 valence electrons. The van der Waals surface area contributed by atoms with Crippen molar-refractivity contribution in [2.45, 2.75) is 46.6 Å². The summed E-state index contributed by atoms with van der Waals surface area (Å²) >= 11 is 0. The maximum atomic E-state index is 11.4. The van der Waals surface area contributed by atoms with Crippen LogP contribution >= 0.6 is 0 Å². The maximum Gasteiger partial charge on any atom is 0.514 e. The number of nitrogens with zero attached hydrogens (tertiary/aromatic N) is 1. The quantitative estimate of drug-likeness (QED) is 0.201. The molecule has 0 radical (unpaired) electrons. The Balaban J connectivity index is 0.000000361. The van der Waals surface area contributed by atoms with Gasteiger partial charge in [-0.15, -0.1) is 0 Å². The van der Waals surface area contributed by atoms with Crippen molar-refractivity contribution in [1.82, 2.24) is 0 Å². The van der Waals surface area contributed by atoms with E-state index in [4.69, 9.17) is 9.47 Å². The molecule has 0 heterocycles. The largest absolute Gasteiger partial charge is 0.514 e. The molecule has 2 aromatic rings. The van der Waals surface area contributed by atoms with Crippen LogP contribution in [0.5, 0.6) is 5.75 Å². The number of hydrogen-bond acceptors (Lipinski definition) is 5. The number of rotatable bonds is 10. The van der Waals surface area contributed by atoms with Crippen LogP contribution < -0.4 is 4.74 Å². The van der Waals surface area contributed by atoms with E-state index in [9.17, 15) is 9.59 Å². The molecule has 0 aliphatic carbocycles. The second kappa shape index (κ2) is 14.3. The summed E-state index contributed by atoms with van der Waals surface area (Å²) in [6, 6.07) is 15.7. The molecule has 0 bridgehead atoms. The second-order valence-electron chi connectivity index (χ2n) is 9.76. The minimum absolute atomic E-state index is 0.192. The van der Waals surface area contributed by atoms with E-state index in [-0.39, 0.29) is 6.61 Å². The first-order valence-electron chi connectivity index (χ1n) is 11.4. The lowest BCUT2D eigenvalue weighted by Crippen LogP contribution is -2.38. The van der Waals surface area contributed by atoms with Gasteiger partial charge in [0.1, 0.15) is 25.5 Å². The number of ether oxygens (including phenoxy) is 3. The fourth-order valence-electron chi connectivity index (χ4n) is 2.82. The molecule has 0 saturated heterocycles. The SMILES string of the molecule is CC(C)Cc1ccc(C(C)C)cc1.C[N+](C)(C)CCOC(=O)Oc1ccc(COC=O)cc1. The number of carbonyl (C=O) groups excluding carboxylic acids is 2. The Morgan fingerprint density at radius 1 is 0.909 bits per heavy atom. The zero-order valence-corrected chi connectivity index (χ0v) is 21.2. The molecule has 33 heavy (non-hydrogen) atoms.